The van der Waals surface area contributed by atoms with Gasteiger partial charge < -0.3 is 30.5 Å². The average Bonchev–Trinajstić information content (AvgIpc) is 3.69. The number of benzene rings is 2. The molecule has 0 spiro atoms. The summed E-state index contributed by atoms with van der Waals surface area (Å²) in [4.78, 5) is 50.9. The van der Waals surface area contributed by atoms with Gasteiger partial charge in [-0.1, -0.05) is 41.0 Å². The zero-order chi connectivity index (χ0) is 41.3. The number of rotatable bonds is 13. The number of methoxy groups -OCH3 is 1. The van der Waals surface area contributed by atoms with Crippen LogP contribution in [0.1, 0.15) is 116 Å². The van der Waals surface area contributed by atoms with E-state index in [0.29, 0.717) is 40.2 Å². The number of aromatic nitrogens is 3. The van der Waals surface area contributed by atoms with Gasteiger partial charge in [0.05, 0.1) is 24.9 Å². The Morgan fingerprint density at radius 3 is 2.44 bits per heavy atom. The van der Waals surface area contributed by atoms with Crippen LogP contribution in [0.4, 0.5) is 17.1 Å². The molecule has 13 nitrogen and oxygen atoms in total. The molecule has 1 aromatic heterocycles. The largest absolute Gasteiger partial charge is 0.495 e. The summed E-state index contributed by atoms with van der Waals surface area (Å²) in [5.41, 5.74) is 12.3. The van der Waals surface area contributed by atoms with E-state index in [4.69, 9.17) is 35.4 Å². The molecule has 3 aromatic rings. The van der Waals surface area contributed by atoms with Gasteiger partial charge in [0.2, 0.25) is 5.91 Å². The number of nitrogens with one attached hydrogen (secondary N) is 1. The number of esters is 1. The van der Waals surface area contributed by atoms with Crippen molar-refractivity contribution in [2.45, 2.75) is 118 Å². The van der Waals surface area contributed by atoms with Crippen LogP contribution >= 0.6 is 0 Å². The molecule has 3 unspecified atom stereocenters. The van der Waals surface area contributed by atoms with Crippen LogP contribution in [-0.4, -0.2) is 75.4 Å². The number of aryl methyl sites for hydroxylation is 1. The molecule has 57 heavy (non-hydrogen) atoms. The summed E-state index contributed by atoms with van der Waals surface area (Å²) in [6.45, 7) is 18.7. The van der Waals surface area contributed by atoms with Gasteiger partial charge in [-0.3, -0.25) is 9.59 Å². The van der Waals surface area contributed by atoms with E-state index in [1.807, 2.05) is 0 Å². The van der Waals surface area contributed by atoms with Gasteiger partial charge in [0.15, 0.2) is 17.5 Å². The minimum Gasteiger partial charge on any atom is -0.495 e. The Bertz CT molecular complexity index is 2090. The maximum absolute atomic E-state index is 14.4. The van der Waals surface area contributed by atoms with Gasteiger partial charge in [0.25, 0.3) is 0 Å². The normalized spacial score (nSPS) is 23.3. The molecule has 0 saturated heterocycles. The van der Waals surface area contributed by atoms with E-state index in [2.05, 4.69) is 77.7 Å². The highest BCUT2D eigenvalue weighted by molar-refractivity contribution is 6.28. The lowest BCUT2D eigenvalue weighted by molar-refractivity contribution is -0.150. The second-order valence-corrected chi connectivity index (χ2v) is 17.0. The molecule has 1 aliphatic carbocycles. The summed E-state index contributed by atoms with van der Waals surface area (Å²) in [5.74, 6) is 0.495. The molecule has 3 heterocycles. The number of aliphatic imine (C=N–C) groups is 1. The predicted molar refractivity (Wildman–Crippen MR) is 223 cm³/mol. The third-order valence-electron chi connectivity index (χ3n) is 11.9. The van der Waals surface area contributed by atoms with Gasteiger partial charge in [-0.15, -0.1) is 5.10 Å². The van der Waals surface area contributed by atoms with Crippen molar-refractivity contribution >= 4 is 46.3 Å². The number of amides is 1. The van der Waals surface area contributed by atoms with Crippen molar-refractivity contribution in [1.82, 2.24) is 14.8 Å². The highest BCUT2D eigenvalue weighted by atomic mass is 16.5. The summed E-state index contributed by atoms with van der Waals surface area (Å²) in [7, 11) is 1.48. The van der Waals surface area contributed by atoms with Crippen LogP contribution in [0, 0.1) is 24.7 Å². The summed E-state index contributed by atoms with van der Waals surface area (Å²) in [6.07, 6.45) is 4.37. The summed E-state index contributed by atoms with van der Waals surface area (Å²) in [6, 6.07) is 9.51. The standard InChI is InChI=1S/C44H59N7O6/c1-10-11-16-50-34-19-25(3)32(21-30(34)28(6)22-44(50,7)8)47-41-31(23-45)38(43(55)57-39-26(4)17-24(2)18-27(39)5)42-48-40(49-51(41)42)29-12-13-35(56-9)33(20-29)46-36(52)14-15-37(53)54/h12-13,19-21,24,26-28,39H,10-11,14-18,22-23,45H2,1-9H3,(H,46,52)(H,53,54)/b47-41+. The Labute approximate surface area is 336 Å². The van der Waals surface area contributed by atoms with Gasteiger partial charge >= 0.3 is 11.9 Å². The second kappa shape index (κ2) is 16.8. The van der Waals surface area contributed by atoms with E-state index >= 15 is 0 Å². The zero-order valence-electron chi connectivity index (χ0n) is 34.9. The first kappa shape index (κ1) is 41.6. The number of carbonyl (C=O) groups excluding carboxylic acids is 2. The van der Waals surface area contributed by atoms with Gasteiger partial charge in [-0.05, 0) is 112 Å². The number of hydrogen-bond donors (Lipinski definition) is 3. The van der Waals surface area contributed by atoms with Crippen molar-refractivity contribution in [2.75, 3.05) is 30.4 Å². The summed E-state index contributed by atoms with van der Waals surface area (Å²) >= 11 is 0. The van der Waals surface area contributed by atoms with Crippen molar-refractivity contribution in [2.24, 2.45) is 28.5 Å². The SMILES string of the molecule is CCCCN1c2cc(C)c(/N=C3\C(CN)=C(C(=O)OC4C(C)CC(C)CC4C)c4nc(-c5ccc(OC)c(NC(=O)CCC(=O)O)c5)nn43)cc2C(C)CC1(C)C. The Morgan fingerprint density at radius 2 is 1.79 bits per heavy atom. The second-order valence-electron chi connectivity index (χ2n) is 17.0. The number of carbonyl (C=O) groups is 3. The van der Waals surface area contributed by atoms with Crippen LogP contribution in [-0.2, 0) is 19.1 Å². The molecule has 0 bridgehead atoms. The first-order valence-electron chi connectivity index (χ1n) is 20.4. The number of hydrogen-bond acceptors (Lipinski definition) is 10. The van der Waals surface area contributed by atoms with Gasteiger partial charge in [0, 0.05) is 41.9 Å². The molecule has 13 heteroatoms. The quantitative estimate of drug-likeness (QED) is 0.145. The molecule has 6 rings (SSSR count). The smallest absolute Gasteiger partial charge is 0.342 e. The van der Waals surface area contributed by atoms with E-state index < -0.39 is 17.8 Å². The molecule has 0 radical (unpaired) electrons. The lowest BCUT2D eigenvalue weighted by Crippen LogP contribution is -2.48. The van der Waals surface area contributed by atoms with Crippen LogP contribution in [0.15, 0.2) is 40.9 Å². The number of carboxylic acids is 1. The van der Waals surface area contributed by atoms with Gasteiger partial charge in [-0.25, -0.2) is 14.8 Å². The Balaban J connectivity index is 1.46. The van der Waals surface area contributed by atoms with E-state index in [1.165, 1.54) is 18.4 Å². The van der Waals surface area contributed by atoms with E-state index in [1.54, 1.807) is 22.9 Å². The molecule has 1 fully saturated rings. The highest BCUT2D eigenvalue weighted by Crippen LogP contribution is 2.46. The number of anilines is 2. The predicted octanol–water partition coefficient (Wildman–Crippen LogP) is 7.88. The minimum absolute atomic E-state index is 0.00484. The lowest BCUT2D eigenvalue weighted by atomic mass is 9.75. The Kier molecular flexibility index (Phi) is 12.3. The van der Waals surface area contributed by atoms with Crippen LogP contribution in [0.2, 0.25) is 0 Å². The van der Waals surface area contributed by atoms with Crippen molar-refractivity contribution < 1.29 is 29.0 Å². The van der Waals surface area contributed by atoms with Crippen LogP contribution < -0.4 is 20.7 Å². The lowest BCUT2D eigenvalue weighted by Gasteiger charge is -2.48. The minimum atomic E-state index is -1.07. The van der Waals surface area contributed by atoms with Crippen LogP contribution in [0.25, 0.3) is 17.0 Å². The third-order valence-corrected chi connectivity index (χ3v) is 11.9. The first-order valence-corrected chi connectivity index (χ1v) is 20.4. The third kappa shape index (κ3) is 8.49. The summed E-state index contributed by atoms with van der Waals surface area (Å²) in [5, 5.41) is 16.7. The molecule has 2 aliphatic heterocycles. The average molecular weight is 782 g/mol. The molecular weight excluding hydrogens is 723 g/mol. The molecular formula is C44H59N7O6. The first-order chi connectivity index (χ1) is 27.1. The van der Waals surface area contributed by atoms with Gasteiger partial charge in [0.1, 0.15) is 17.4 Å². The molecule has 2 aromatic carbocycles. The number of nitrogens with two attached hydrogens (primary N) is 1. The van der Waals surface area contributed by atoms with Crippen LogP contribution in [0.3, 0.4) is 0 Å². The molecule has 4 N–H and O–H groups in total. The van der Waals surface area contributed by atoms with Crippen molar-refractivity contribution in [3.63, 3.8) is 0 Å². The van der Waals surface area contributed by atoms with Gasteiger partial charge in [-0.2, -0.15) is 4.68 Å². The van der Waals surface area contributed by atoms with Crippen molar-refractivity contribution in [3.05, 3.63) is 52.9 Å². The maximum atomic E-state index is 14.4. The van der Waals surface area contributed by atoms with E-state index in [9.17, 15) is 14.4 Å². The van der Waals surface area contributed by atoms with E-state index in [0.717, 1.165) is 49.9 Å². The zero-order valence-corrected chi connectivity index (χ0v) is 34.9. The van der Waals surface area contributed by atoms with Crippen molar-refractivity contribution in [1.29, 1.82) is 0 Å². The van der Waals surface area contributed by atoms with Crippen molar-refractivity contribution in [3.8, 4) is 17.1 Å². The fourth-order valence-electron chi connectivity index (χ4n) is 9.22. The fourth-order valence-corrected chi connectivity index (χ4v) is 9.22. The number of unbranched alkanes of at least 4 members (excludes halogenated alkanes) is 1. The van der Waals surface area contributed by atoms with Crippen LogP contribution in [0.5, 0.6) is 5.75 Å². The Morgan fingerprint density at radius 1 is 1.07 bits per heavy atom. The fraction of sp³-hybridized carbons (Fsp3) is 0.545. The Hall–Kier alpha value is -5.04. The molecule has 3 aliphatic rings. The molecule has 1 amide bonds. The number of ether oxygens (including phenoxy) is 2. The summed E-state index contributed by atoms with van der Waals surface area (Å²) < 4.78 is 13.4. The number of aliphatic carboxylic acids is 1. The monoisotopic (exact) mass is 781 g/mol. The molecule has 3 atom stereocenters. The number of nitrogens with zero attached hydrogens (tertiary/aromatic N) is 5. The molecule has 1 saturated carbocycles. The topological polar surface area (TPSA) is 174 Å². The maximum Gasteiger partial charge on any atom is 0.342 e. The van der Waals surface area contributed by atoms with E-state index in [-0.39, 0.29) is 60.1 Å². The number of fused-ring (bicyclic) bond motifs is 2. The number of carboxylic acid groups (broad SMARTS) is 1. The molecule has 306 valence electrons. The highest BCUT2D eigenvalue weighted by Gasteiger charge is 2.41.